The fourth-order valence-corrected chi connectivity index (χ4v) is 3.11. The maximum absolute atomic E-state index is 13.8. The number of nitrogens with one attached hydrogen (secondary N) is 2. The Bertz CT molecular complexity index is 768. The Labute approximate surface area is 156 Å². The Balaban J connectivity index is 1.64. The van der Waals surface area contributed by atoms with Crippen LogP contribution in [0.4, 0.5) is 4.39 Å². The second-order valence-corrected chi connectivity index (χ2v) is 6.75. The van der Waals surface area contributed by atoms with Crippen molar-refractivity contribution in [2.45, 2.75) is 19.4 Å². The first kappa shape index (κ1) is 18.8. The van der Waals surface area contributed by atoms with Gasteiger partial charge in [-0.25, -0.2) is 4.39 Å². The molecular weight excluding hydrogens is 361 g/mol. The predicted molar refractivity (Wildman–Crippen MR) is 94.4 cm³/mol. The molecule has 0 bridgehead atoms. The number of carbonyl (C=O) groups excluding carboxylic acids is 1. The van der Waals surface area contributed by atoms with Crippen molar-refractivity contribution in [1.29, 1.82) is 0 Å². The van der Waals surface area contributed by atoms with Crippen LogP contribution in [0.25, 0.3) is 0 Å². The van der Waals surface area contributed by atoms with Gasteiger partial charge in [-0.3, -0.25) is 4.79 Å². The number of hydrogen-bond acceptors (Lipinski definition) is 5. The lowest BCUT2D eigenvalue weighted by atomic mass is 9.95. The van der Waals surface area contributed by atoms with Crippen LogP contribution >= 0.6 is 11.6 Å². The maximum atomic E-state index is 13.8. The van der Waals surface area contributed by atoms with Gasteiger partial charge >= 0.3 is 0 Å². The smallest absolute Gasteiger partial charge is 0.227 e. The van der Waals surface area contributed by atoms with Gasteiger partial charge in [-0.1, -0.05) is 22.8 Å². The van der Waals surface area contributed by atoms with E-state index in [9.17, 15) is 9.18 Å². The average molecular weight is 382 g/mol. The van der Waals surface area contributed by atoms with E-state index in [1.807, 2.05) is 0 Å². The normalized spacial score (nSPS) is 20.6. The van der Waals surface area contributed by atoms with E-state index in [0.717, 1.165) is 5.69 Å². The first-order chi connectivity index (χ1) is 12.5. The summed E-state index contributed by atoms with van der Waals surface area (Å²) in [7, 11) is 0. The van der Waals surface area contributed by atoms with Gasteiger partial charge in [0.2, 0.25) is 5.91 Å². The third kappa shape index (κ3) is 4.81. The van der Waals surface area contributed by atoms with Crippen LogP contribution in [-0.2, 0) is 16.0 Å². The molecule has 2 unspecified atom stereocenters. The van der Waals surface area contributed by atoms with E-state index < -0.39 is 5.82 Å². The molecule has 8 heteroatoms. The van der Waals surface area contributed by atoms with Crippen LogP contribution in [0.2, 0.25) is 5.02 Å². The largest absolute Gasteiger partial charge is 0.372 e. The predicted octanol–water partition coefficient (Wildman–Crippen LogP) is 2.41. The number of ether oxygens (including phenoxy) is 1. The molecule has 2 heterocycles. The van der Waals surface area contributed by atoms with Crippen LogP contribution < -0.4 is 10.6 Å². The molecule has 26 heavy (non-hydrogen) atoms. The molecule has 2 N–H and O–H groups in total. The van der Waals surface area contributed by atoms with E-state index in [0.29, 0.717) is 37.6 Å². The van der Waals surface area contributed by atoms with Crippen molar-refractivity contribution in [3.63, 3.8) is 0 Å². The summed E-state index contributed by atoms with van der Waals surface area (Å²) in [6.45, 7) is 4.06. The topological polar surface area (TPSA) is 76.4 Å². The monoisotopic (exact) mass is 381 g/mol. The molecular formula is C18H21ClFN3O3. The molecule has 2 aromatic rings. The minimum atomic E-state index is -0.478. The number of amides is 1. The molecule has 3 rings (SSSR count). The summed E-state index contributed by atoms with van der Waals surface area (Å²) in [5.41, 5.74) is 1.44. The van der Waals surface area contributed by atoms with Crippen LogP contribution in [0.5, 0.6) is 0 Å². The molecule has 0 radical (unpaired) electrons. The highest BCUT2D eigenvalue weighted by Gasteiger charge is 2.27. The van der Waals surface area contributed by atoms with E-state index in [1.54, 1.807) is 19.1 Å². The fourth-order valence-electron chi connectivity index (χ4n) is 2.99. The molecule has 1 aromatic heterocycles. The number of halogens is 2. The van der Waals surface area contributed by atoms with Gasteiger partial charge in [0.25, 0.3) is 0 Å². The second kappa shape index (κ2) is 8.62. The molecule has 1 saturated heterocycles. The van der Waals surface area contributed by atoms with Crippen molar-refractivity contribution in [2.75, 3.05) is 26.2 Å². The first-order valence-electron chi connectivity index (χ1n) is 8.49. The molecule has 1 aromatic carbocycles. The highest BCUT2D eigenvalue weighted by Crippen LogP contribution is 2.29. The van der Waals surface area contributed by atoms with Gasteiger partial charge in [-0.15, -0.1) is 0 Å². The van der Waals surface area contributed by atoms with Crippen LogP contribution in [-0.4, -0.2) is 37.3 Å². The summed E-state index contributed by atoms with van der Waals surface area (Å²) in [4.78, 5) is 12.2. The van der Waals surface area contributed by atoms with Crippen LogP contribution in [0.3, 0.4) is 0 Å². The Morgan fingerprint density at radius 2 is 2.31 bits per heavy atom. The van der Waals surface area contributed by atoms with Crippen LogP contribution in [0.1, 0.15) is 23.1 Å². The van der Waals surface area contributed by atoms with Gasteiger partial charge in [-0.2, -0.15) is 0 Å². The van der Waals surface area contributed by atoms with E-state index >= 15 is 0 Å². The third-order valence-corrected chi connectivity index (χ3v) is 4.56. The summed E-state index contributed by atoms with van der Waals surface area (Å²) in [5.74, 6) is -0.162. The number of hydrogen-bond donors (Lipinski definition) is 2. The van der Waals surface area contributed by atoms with Crippen molar-refractivity contribution < 1.29 is 18.4 Å². The number of nitrogens with zero attached hydrogens (tertiary/aromatic N) is 1. The van der Waals surface area contributed by atoms with Gasteiger partial charge in [0.05, 0.1) is 29.8 Å². The Morgan fingerprint density at radius 1 is 1.46 bits per heavy atom. The molecule has 0 spiro atoms. The van der Waals surface area contributed by atoms with E-state index in [-0.39, 0.29) is 29.4 Å². The minimum Gasteiger partial charge on any atom is -0.372 e. The molecule has 1 amide bonds. The maximum Gasteiger partial charge on any atom is 0.227 e. The Hall–Kier alpha value is -1.96. The summed E-state index contributed by atoms with van der Waals surface area (Å²) in [6.07, 6.45) is -0.202. The standard InChI is InChI=1S/C18H21ClFN3O3/c1-11-6-14(26-23-11)8-17(24)22-10-13-9-21-4-5-25-18(13)12-2-3-15(19)16(20)7-12/h2-3,6-7,13,18,21H,4-5,8-10H2,1H3,(H,22,24). The lowest BCUT2D eigenvalue weighted by molar-refractivity contribution is -0.121. The van der Waals surface area contributed by atoms with Crippen molar-refractivity contribution >= 4 is 17.5 Å². The molecule has 1 fully saturated rings. The highest BCUT2D eigenvalue weighted by molar-refractivity contribution is 6.30. The van der Waals surface area contributed by atoms with E-state index in [1.165, 1.54) is 12.1 Å². The van der Waals surface area contributed by atoms with Crippen molar-refractivity contribution in [1.82, 2.24) is 15.8 Å². The number of aromatic nitrogens is 1. The molecule has 0 saturated carbocycles. The van der Waals surface area contributed by atoms with Crippen molar-refractivity contribution in [3.8, 4) is 0 Å². The quantitative estimate of drug-likeness (QED) is 0.831. The summed E-state index contributed by atoms with van der Waals surface area (Å²) in [5, 5.41) is 10.0. The SMILES string of the molecule is Cc1cc(CC(=O)NCC2CNCCOC2c2ccc(Cl)c(F)c2)on1. The zero-order chi connectivity index (χ0) is 18.5. The molecule has 1 aliphatic heterocycles. The number of benzene rings is 1. The van der Waals surface area contributed by atoms with E-state index in [4.69, 9.17) is 20.9 Å². The summed E-state index contributed by atoms with van der Waals surface area (Å²) < 4.78 is 24.8. The zero-order valence-electron chi connectivity index (χ0n) is 14.4. The van der Waals surface area contributed by atoms with Crippen molar-refractivity contribution in [2.24, 2.45) is 5.92 Å². The Kier molecular flexibility index (Phi) is 6.24. The average Bonchev–Trinajstić information content (AvgIpc) is 2.88. The molecule has 0 aliphatic carbocycles. The highest BCUT2D eigenvalue weighted by atomic mass is 35.5. The number of carbonyl (C=O) groups is 1. The Morgan fingerprint density at radius 3 is 3.04 bits per heavy atom. The fraction of sp³-hybridized carbons (Fsp3) is 0.444. The van der Waals surface area contributed by atoms with Gasteiger partial charge in [-0.05, 0) is 24.6 Å². The molecule has 6 nitrogen and oxygen atoms in total. The summed E-state index contributed by atoms with van der Waals surface area (Å²) >= 11 is 5.77. The molecule has 2 atom stereocenters. The summed E-state index contributed by atoms with van der Waals surface area (Å²) in [6, 6.07) is 6.41. The minimum absolute atomic E-state index is 0.0431. The van der Waals surface area contributed by atoms with Crippen molar-refractivity contribution in [3.05, 3.63) is 52.1 Å². The lowest BCUT2D eigenvalue weighted by Gasteiger charge is -2.25. The van der Waals surface area contributed by atoms with E-state index in [2.05, 4.69) is 15.8 Å². The van der Waals surface area contributed by atoms with Gasteiger partial charge in [0.1, 0.15) is 11.6 Å². The first-order valence-corrected chi connectivity index (χ1v) is 8.87. The zero-order valence-corrected chi connectivity index (χ0v) is 15.2. The third-order valence-electron chi connectivity index (χ3n) is 4.26. The number of rotatable bonds is 5. The lowest BCUT2D eigenvalue weighted by Crippen LogP contribution is -2.37. The molecule has 140 valence electrons. The van der Waals surface area contributed by atoms with Crippen LogP contribution in [0.15, 0.2) is 28.8 Å². The van der Waals surface area contributed by atoms with Crippen LogP contribution in [0, 0.1) is 18.7 Å². The van der Waals surface area contributed by atoms with Gasteiger partial charge in [0.15, 0.2) is 0 Å². The van der Waals surface area contributed by atoms with Gasteiger partial charge < -0.3 is 19.9 Å². The van der Waals surface area contributed by atoms with Gasteiger partial charge in [0, 0.05) is 31.6 Å². The molecule has 1 aliphatic rings. The second-order valence-electron chi connectivity index (χ2n) is 6.34. The number of aryl methyl sites for hydroxylation is 1.